The summed E-state index contributed by atoms with van der Waals surface area (Å²) in [6, 6.07) is 1.99. The molecule has 4 atom stereocenters. The molecule has 1 aliphatic carbocycles. The molecule has 4 unspecified atom stereocenters. The quantitative estimate of drug-likeness (QED) is 0.0168. The van der Waals surface area contributed by atoms with E-state index in [0.29, 0.717) is 139 Å². The molecule has 1 aliphatic rings. The van der Waals surface area contributed by atoms with Crippen molar-refractivity contribution in [2.24, 2.45) is 0 Å². The fourth-order valence-electron chi connectivity index (χ4n) is 10.3. The lowest BCUT2D eigenvalue weighted by molar-refractivity contribution is 0.0719. The summed E-state index contributed by atoms with van der Waals surface area (Å²) in [5.41, 5.74) is 0. The Labute approximate surface area is 529 Å². The molecule has 0 aliphatic heterocycles. The van der Waals surface area contributed by atoms with Crippen molar-refractivity contribution in [2.45, 2.75) is 180 Å². The zero-order valence-corrected chi connectivity index (χ0v) is 65.6. The highest BCUT2D eigenvalue weighted by Crippen LogP contribution is 3.05. The summed E-state index contributed by atoms with van der Waals surface area (Å²) in [6.45, 7) is 29.4. The van der Waals surface area contributed by atoms with Crippen LogP contribution in [-0.2, 0) is 53.1 Å². The van der Waals surface area contributed by atoms with E-state index in [1.807, 2.05) is 83.1 Å². The third kappa shape index (κ3) is 21.0. The van der Waals surface area contributed by atoms with Crippen LogP contribution in [0.2, 0.25) is 24.2 Å². The normalized spacial score (nSPS) is 23.9. The van der Waals surface area contributed by atoms with E-state index in [0.717, 1.165) is 38.5 Å². The number of thiol groups is 8. The fraction of sp³-hybridized carbons (Fsp3) is 1.00. The summed E-state index contributed by atoms with van der Waals surface area (Å²) in [5.74, 6) is 2.22. The van der Waals surface area contributed by atoms with Crippen LogP contribution >= 0.6 is 165 Å². The van der Waals surface area contributed by atoms with Gasteiger partial charge >= 0.3 is 35.2 Å². The van der Waals surface area contributed by atoms with E-state index in [9.17, 15) is 0 Å². The van der Waals surface area contributed by atoms with E-state index >= 15 is 0 Å². The lowest BCUT2D eigenvalue weighted by Gasteiger charge is -2.76. The highest BCUT2D eigenvalue weighted by molar-refractivity contribution is 9.44. The van der Waals surface area contributed by atoms with Gasteiger partial charge in [0.05, 0.1) is 8.16 Å². The van der Waals surface area contributed by atoms with E-state index in [2.05, 4.69) is 0 Å². The van der Waals surface area contributed by atoms with Crippen molar-refractivity contribution < 1.29 is 53.1 Å². The van der Waals surface area contributed by atoms with Gasteiger partial charge in [-0.1, -0.05) is 51.4 Å². The van der Waals surface area contributed by atoms with Gasteiger partial charge in [-0.25, -0.2) is 0 Å². The largest absolute Gasteiger partial charge is 0.501 e. The third-order valence-electron chi connectivity index (χ3n) is 13.0. The Morgan fingerprint density at radius 1 is 0.289 bits per heavy atom. The topological polar surface area (TPSA) is 111 Å². The Hall–Kier alpha value is 5.99. The minimum Gasteiger partial charge on any atom is -0.374 e. The lowest BCUT2D eigenvalue weighted by Crippen LogP contribution is -2.61. The van der Waals surface area contributed by atoms with Gasteiger partial charge in [0.2, 0.25) is 0 Å². The van der Waals surface area contributed by atoms with Crippen LogP contribution in [0.4, 0.5) is 0 Å². The van der Waals surface area contributed by atoms with Gasteiger partial charge in [-0.15, -0.1) is 126 Å². The van der Waals surface area contributed by atoms with Gasteiger partial charge in [0.15, 0.2) is 0 Å². The first kappa shape index (κ1) is 80.0. The molecule has 12 nitrogen and oxygen atoms in total. The molecule has 76 heavy (non-hydrogen) atoms. The number of hydrogen-bond acceptors (Lipinski definition) is 24. The first-order valence-electron chi connectivity index (χ1n) is 27.4. The lowest BCUT2D eigenvalue weighted by atomic mass is 9.99. The Bertz CT molecular complexity index is 1270. The maximum absolute atomic E-state index is 6.72. The summed E-state index contributed by atoms with van der Waals surface area (Å²) < 4.78 is 78.9. The monoisotopic (exact) mass is 1450 g/mol. The summed E-state index contributed by atoms with van der Waals surface area (Å²) in [7, 11) is -17.1. The van der Waals surface area contributed by atoms with Crippen LogP contribution in [0.3, 0.4) is 0 Å². The molecule has 0 N–H and O–H groups in total. The molecule has 1 saturated carbocycles. The molecule has 0 aromatic carbocycles. The Morgan fingerprint density at radius 3 is 0.566 bits per heavy atom. The summed E-state index contributed by atoms with van der Waals surface area (Å²) >= 11 is 47.9. The van der Waals surface area contributed by atoms with Gasteiger partial charge in [-0.2, -0.15) is 0 Å². The maximum atomic E-state index is 6.72. The van der Waals surface area contributed by atoms with Crippen molar-refractivity contribution in [1.82, 2.24) is 0 Å². The van der Waals surface area contributed by atoms with Crippen LogP contribution < -0.4 is 0 Å². The van der Waals surface area contributed by atoms with Gasteiger partial charge in [0.25, 0.3) is 0 Å². The molecule has 1 rings (SSSR count). The van der Waals surface area contributed by atoms with Crippen LogP contribution in [0.5, 0.6) is 0 Å². The van der Waals surface area contributed by atoms with Crippen molar-refractivity contribution in [2.75, 3.05) is 102 Å². The molecule has 32 heteroatoms. The van der Waals surface area contributed by atoms with Crippen LogP contribution in [0.25, 0.3) is 0 Å². The Morgan fingerprint density at radius 2 is 0.434 bits per heavy atom. The van der Waals surface area contributed by atoms with E-state index in [1.165, 1.54) is 12.8 Å². The van der Waals surface area contributed by atoms with E-state index in [4.69, 9.17) is 146 Å². The van der Waals surface area contributed by atoms with Gasteiger partial charge in [0, 0.05) is 126 Å². The van der Waals surface area contributed by atoms with E-state index < -0.39 is 75.7 Å². The first-order chi connectivity index (χ1) is 36.3. The molecule has 0 spiro atoms. The van der Waals surface area contributed by atoms with Gasteiger partial charge in [0.1, 0.15) is 0 Å². The van der Waals surface area contributed by atoms with Gasteiger partial charge in [-0.05, 0) is 135 Å². The second kappa shape index (κ2) is 41.3. The van der Waals surface area contributed by atoms with Crippen LogP contribution in [0.1, 0.15) is 147 Å². The van der Waals surface area contributed by atoms with Crippen molar-refractivity contribution in [1.29, 1.82) is 0 Å². The molecule has 1 fully saturated rings. The maximum Gasteiger partial charge on any atom is 0.501 e. The van der Waals surface area contributed by atoms with Crippen molar-refractivity contribution in [3.05, 3.63) is 0 Å². The first-order valence-corrected chi connectivity index (χ1v) is 56.1. The van der Waals surface area contributed by atoms with Gasteiger partial charge in [-0.3, -0.25) is 0 Å². The molecular formula is C44H104O12S16Si4. The van der Waals surface area contributed by atoms with Crippen LogP contribution in [-0.4, -0.2) is 146 Å². The smallest absolute Gasteiger partial charge is 0.374 e. The average molecular weight is 1450 g/mol. The van der Waals surface area contributed by atoms with E-state index in [1.54, 1.807) is 39.3 Å². The second-order valence-electron chi connectivity index (χ2n) is 17.4. The molecule has 0 saturated heterocycles. The molecular weight excluding hydrogens is 1350 g/mol. The highest BCUT2D eigenvalue weighted by atomic mass is 33.8. The zero-order chi connectivity index (χ0) is 57.5. The highest BCUT2D eigenvalue weighted by Gasteiger charge is 2.76. The molecule has 0 amide bonds. The molecule has 0 aromatic heterocycles. The molecule has 0 bridgehead atoms. The van der Waals surface area contributed by atoms with Crippen molar-refractivity contribution >= 4 is 200 Å². The Kier molecular flexibility index (Phi) is 43.5. The van der Waals surface area contributed by atoms with E-state index in [-0.39, 0.29) is 0 Å². The van der Waals surface area contributed by atoms with Crippen molar-refractivity contribution in [3.63, 3.8) is 0 Å². The minimum atomic E-state index is -3.34. The molecule has 0 heterocycles. The number of rotatable bonds is 44. The molecule has 0 aromatic rings. The molecule has 464 valence electrons. The third-order valence-corrected chi connectivity index (χ3v) is 74.1. The summed E-state index contributed by atoms with van der Waals surface area (Å²) in [6.07, 6.45) is 9.80. The standard InChI is InChI=1S/C44H104O12S16Si4/c1-13-45-73(46-14-2,47-15-3)39-35-69(61,65-57)43(70(62,66-58)36-40-74(48-16-4,49-17-5)50-18-6)33-31-29-27-25-26-28-30-32-34-44(43,71(63,67-59)37-41-75(51-19-7,52-20-8)53-21-9)72(64,68-60)38-42-76(54-22-10,55-23-11)56-24-12/h57-64H,13-42H2,1-12H3. The SMILES string of the molecule is CCO[Si](CCS(S)(SS)C1(S(S)(CC[Si](OCC)(OCC)OCC)SS)CCCCCCCCCCC1(S(S)(CC[Si](OCC)(OCC)OCC)SS)S(S)(CC[Si](OCC)(OCC)OCC)SS)(OCC)OCC. The number of hydrogen-bond donors (Lipinski definition) is 8. The predicted octanol–water partition coefficient (Wildman–Crippen LogP) is 18.1. The summed E-state index contributed by atoms with van der Waals surface area (Å²) in [5, 5.41) is 0. The minimum absolute atomic E-state index is 0.439. The average Bonchev–Trinajstić information content (AvgIpc) is 3.39. The summed E-state index contributed by atoms with van der Waals surface area (Å²) in [4.78, 5) is 0. The Balaban J connectivity index is 5.39. The fourth-order valence-corrected chi connectivity index (χ4v) is 80.5. The molecule has 0 radical (unpaired) electrons. The van der Waals surface area contributed by atoms with Gasteiger partial charge < -0.3 is 53.1 Å². The second-order valence-corrected chi connectivity index (χ2v) is 63.5. The zero-order valence-electron chi connectivity index (χ0n) is 48.0. The predicted molar refractivity (Wildman–Crippen MR) is 385 cm³/mol. The van der Waals surface area contributed by atoms with Crippen LogP contribution in [0, 0.1) is 0 Å². The van der Waals surface area contributed by atoms with Crippen molar-refractivity contribution in [3.8, 4) is 0 Å². The van der Waals surface area contributed by atoms with Crippen LogP contribution in [0.15, 0.2) is 0 Å².